The van der Waals surface area contributed by atoms with Crippen LogP contribution >= 0.6 is 11.8 Å². The molecule has 0 bridgehead atoms. The number of carbonyl (C=O) groups is 1. The summed E-state index contributed by atoms with van der Waals surface area (Å²) in [4.78, 5) is 11.1. The second kappa shape index (κ2) is 4.19. The van der Waals surface area contributed by atoms with Gasteiger partial charge in [-0.15, -0.1) is 0 Å². The van der Waals surface area contributed by atoms with Gasteiger partial charge < -0.3 is 0 Å². The van der Waals surface area contributed by atoms with Crippen molar-refractivity contribution in [2.45, 2.75) is 6.43 Å². The van der Waals surface area contributed by atoms with E-state index >= 15 is 0 Å². The molecule has 0 aliphatic heterocycles. The fourth-order valence-electron chi connectivity index (χ4n) is 0.921. The quantitative estimate of drug-likeness (QED) is 0.707. The summed E-state index contributed by atoms with van der Waals surface area (Å²) in [6.07, 6.45) is -1.64. The van der Waals surface area contributed by atoms with Crippen molar-refractivity contribution < 1.29 is 13.6 Å². The topological polar surface area (TPSA) is 58.7 Å². The molecule has 0 fully saturated rings. The van der Waals surface area contributed by atoms with Crippen LogP contribution < -0.4 is 0 Å². The minimum atomic E-state index is -2.81. The van der Waals surface area contributed by atoms with E-state index in [4.69, 9.17) is 5.26 Å². The maximum atomic E-state index is 12.3. The van der Waals surface area contributed by atoms with E-state index in [1.807, 2.05) is 0 Å². The van der Waals surface area contributed by atoms with Gasteiger partial charge >= 0.3 is 0 Å². The molecular formula is C7H5F2N3OS. The van der Waals surface area contributed by atoms with Crippen LogP contribution in [-0.2, 0) is 7.05 Å². The third-order valence-corrected chi connectivity index (χ3v) is 1.92. The zero-order chi connectivity index (χ0) is 10.7. The molecule has 0 aliphatic carbocycles. The summed E-state index contributed by atoms with van der Waals surface area (Å²) in [5.41, 5.74) is -0.797. The standard InChI is InChI=1S/C7H5F2N3OS/c1-12-2-4(7(13)14-3-10)5(11-12)6(8)9/h2,6H,1H3. The summed E-state index contributed by atoms with van der Waals surface area (Å²) < 4.78 is 25.8. The van der Waals surface area contributed by atoms with Crippen LogP contribution in [0.2, 0.25) is 0 Å². The molecule has 0 N–H and O–H groups in total. The number of carbonyl (C=O) groups excluding carboxylic acids is 1. The van der Waals surface area contributed by atoms with Gasteiger partial charge in [0.2, 0.25) is 5.12 Å². The lowest BCUT2D eigenvalue weighted by molar-refractivity contribution is 0.107. The number of thiocyanates is 1. The third-order valence-electron chi connectivity index (χ3n) is 1.42. The molecule has 0 amide bonds. The summed E-state index contributed by atoms with van der Waals surface area (Å²) in [7, 11) is 1.43. The normalized spacial score (nSPS) is 10.2. The Bertz CT molecular complexity index is 396. The predicted molar refractivity (Wildman–Crippen MR) is 45.7 cm³/mol. The van der Waals surface area contributed by atoms with Crippen molar-refractivity contribution in [3.05, 3.63) is 17.5 Å². The molecule has 0 atom stereocenters. The largest absolute Gasteiger partial charge is 0.282 e. The monoisotopic (exact) mass is 217 g/mol. The molecule has 1 rings (SSSR count). The molecule has 0 radical (unpaired) electrons. The summed E-state index contributed by atoms with van der Waals surface area (Å²) in [6.45, 7) is 0. The van der Waals surface area contributed by atoms with E-state index in [2.05, 4.69) is 5.10 Å². The van der Waals surface area contributed by atoms with Crippen molar-refractivity contribution in [3.8, 4) is 5.40 Å². The first-order valence-electron chi connectivity index (χ1n) is 3.48. The molecule has 0 saturated heterocycles. The van der Waals surface area contributed by atoms with E-state index in [0.29, 0.717) is 11.8 Å². The smallest absolute Gasteiger partial charge is 0.280 e. The fraction of sp³-hybridized carbons (Fsp3) is 0.286. The van der Waals surface area contributed by atoms with Gasteiger partial charge in [0.1, 0.15) is 11.1 Å². The highest BCUT2D eigenvalue weighted by atomic mass is 32.2. The predicted octanol–water partition coefficient (Wildman–Crippen LogP) is 1.71. The lowest BCUT2D eigenvalue weighted by atomic mass is 10.3. The molecule has 1 heterocycles. The molecule has 14 heavy (non-hydrogen) atoms. The number of aromatic nitrogens is 2. The number of nitrogens with zero attached hydrogens (tertiary/aromatic N) is 3. The average Bonchev–Trinajstić information content (AvgIpc) is 2.48. The first kappa shape index (κ1) is 10.7. The maximum absolute atomic E-state index is 12.3. The van der Waals surface area contributed by atoms with Crippen molar-refractivity contribution in [2.75, 3.05) is 0 Å². The highest BCUT2D eigenvalue weighted by Crippen LogP contribution is 2.23. The minimum absolute atomic E-state index is 0.214. The van der Waals surface area contributed by atoms with Gasteiger partial charge in [-0.1, -0.05) is 0 Å². The first-order chi connectivity index (χ1) is 6.56. The van der Waals surface area contributed by atoms with Gasteiger partial charge in [-0.3, -0.25) is 9.48 Å². The molecule has 0 saturated carbocycles. The lowest BCUT2D eigenvalue weighted by Crippen LogP contribution is -1.97. The Balaban J connectivity index is 3.08. The molecule has 0 aromatic carbocycles. The van der Waals surface area contributed by atoms with Gasteiger partial charge in [-0.2, -0.15) is 10.4 Å². The molecular weight excluding hydrogens is 212 g/mol. The highest BCUT2D eigenvalue weighted by molar-refractivity contribution is 8.18. The van der Waals surface area contributed by atoms with E-state index in [1.54, 1.807) is 0 Å². The van der Waals surface area contributed by atoms with Crippen molar-refractivity contribution in [3.63, 3.8) is 0 Å². The van der Waals surface area contributed by atoms with Gasteiger partial charge in [0.25, 0.3) is 6.43 Å². The summed E-state index contributed by atoms with van der Waals surface area (Å²) in [5.74, 6) is 0. The molecule has 0 aliphatic rings. The Morgan fingerprint density at radius 1 is 1.79 bits per heavy atom. The molecule has 1 aromatic heterocycles. The summed E-state index contributed by atoms with van der Waals surface area (Å²) >= 11 is 0.309. The van der Waals surface area contributed by atoms with Gasteiger partial charge in [0, 0.05) is 25.0 Å². The summed E-state index contributed by atoms with van der Waals surface area (Å²) in [6, 6.07) is 0. The second-order valence-corrected chi connectivity index (χ2v) is 3.14. The van der Waals surface area contributed by atoms with Crippen molar-refractivity contribution in [1.82, 2.24) is 9.78 Å². The van der Waals surface area contributed by atoms with Crippen LogP contribution in [0.3, 0.4) is 0 Å². The Morgan fingerprint density at radius 2 is 2.43 bits per heavy atom. The van der Waals surface area contributed by atoms with Crippen LogP contribution in [0.5, 0.6) is 0 Å². The van der Waals surface area contributed by atoms with Crippen LogP contribution in [0.4, 0.5) is 8.78 Å². The number of aryl methyl sites for hydroxylation is 1. The number of rotatable bonds is 2. The molecule has 0 spiro atoms. The number of thioether (sulfide) groups is 1. The first-order valence-corrected chi connectivity index (χ1v) is 4.30. The SMILES string of the molecule is Cn1cc(C(=O)SC#N)c(C(F)F)n1. The van der Waals surface area contributed by atoms with E-state index in [0.717, 1.165) is 4.68 Å². The van der Waals surface area contributed by atoms with Crippen molar-refractivity contribution >= 4 is 16.9 Å². The van der Waals surface area contributed by atoms with Gasteiger partial charge in [-0.05, 0) is 0 Å². The number of hydrogen-bond donors (Lipinski definition) is 0. The van der Waals surface area contributed by atoms with Gasteiger partial charge in [-0.25, -0.2) is 8.78 Å². The molecule has 4 nitrogen and oxygen atoms in total. The second-order valence-electron chi connectivity index (χ2n) is 2.38. The van der Waals surface area contributed by atoms with Gasteiger partial charge in [0.05, 0.1) is 5.56 Å². The van der Waals surface area contributed by atoms with E-state index in [1.165, 1.54) is 18.6 Å². The minimum Gasteiger partial charge on any atom is -0.280 e. The molecule has 7 heteroatoms. The zero-order valence-corrected chi connectivity index (χ0v) is 7.89. The number of halogens is 2. The van der Waals surface area contributed by atoms with Crippen LogP contribution in [0.15, 0.2) is 6.20 Å². The number of nitriles is 1. The number of alkyl halides is 2. The Kier molecular flexibility index (Phi) is 3.19. The van der Waals surface area contributed by atoms with E-state index < -0.39 is 17.2 Å². The molecule has 0 unspecified atom stereocenters. The van der Waals surface area contributed by atoms with Gasteiger partial charge in [0.15, 0.2) is 0 Å². The average molecular weight is 217 g/mol. The van der Waals surface area contributed by atoms with Crippen molar-refractivity contribution in [2.24, 2.45) is 7.05 Å². The lowest BCUT2D eigenvalue weighted by Gasteiger charge is -1.95. The fourth-order valence-corrected chi connectivity index (χ4v) is 1.27. The Morgan fingerprint density at radius 3 is 2.93 bits per heavy atom. The Labute approximate surface area is 82.5 Å². The Hall–Kier alpha value is -1.42. The highest BCUT2D eigenvalue weighted by Gasteiger charge is 2.22. The van der Waals surface area contributed by atoms with Crippen LogP contribution in [0.25, 0.3) is 0 Å². The summed E-state index contributed by atoms with van der Waals surface area (Å²) in [5, 5.41) is 12.5. The van der Waals surface area contributed by atoms with Crippen LogP contribution in [0.1, 0.15) is 22.5 Å². The van der Waals surface area contributed by atoms with Crippen LogP contribution in [-0.4, -0.2) is 14.9 Å². The maximum Gasteiger partial charge on any atom is 0.282 e. The molecule has 74 valence electrons. The molecule has 1 aromatic rings. The van der Waals surface area contributed by atoms with Crippen molar-refractivity contribution in [1.29, 1.82) is 5.26 Å². The zero-order valence-electron chi connectivity index (χ0n) is 7.07. The van der Waals surface area contributed by atoms with Crippen LogP contribution in [0, 0.1) is 10.7 Å². The third kappa shape index (κ3) is 2.09. The number of hydrogen-bond acceptors (Lipinski definition) is 4. The van der Waals surface area contributed by atoms with E-state index in [-0.39, 0.29) is 5.56 Å². The van der Waals surface area contributed by atoms with E-state index in [9.17, 15) is 13.6 Å².